The lowest BCUT2D eigenvalue weighted by molar-refractivity contribution is -0.134. The molecule has 22 heavy (non-hydrogen) atoms. The number of para-hydroxylation sites is 2. The second-order valence-electron chi connectivity index (χ2n) is 4.65. The predicted octanol–water partition coefficient (Wildman–Crippen LogP) is 2.87. The molecule has 0 unspecified atom stereocenters. The molecule has 6 nitrogen and oxygen atoms in total. The third kappa shape index (κ3) is 3.12. The van der Waals surface area contributed by atoms with Crippen LogP contribution in [0, 0.1) is 0 Å². The van der Waals surface area contributed by atoms with Gasteiger partial charge in [-0.15, -0.1) is 0 Å². The van der Waals surface area contributed by atoms with Crippen LogP contribution in [0.15, 0.2) is 54.6 Å². The Morgan fingerprint density at radius 2 is 1.73 bits per heavy atom. The molecule has 0 aliphatic carbocycles. The van der Waals surface area contributed by atoms with Crippen molar-refractivity contribution in [3.8, 4) is 0 Å². The van der Waals surface area contributed by atoms with Gasteiger partial charge >= 0.3 is 5.97 Å². The summed E-state index contributed by atoms with van der Waals surface area (Å²) in [5, 5.41) is 15.5. The number of aliphatic carboxylic acids is 1. The number of hydrogen-bond acceptors (Lipinski definition) is 5. The molecule has 3 rings (SSSR count). The molecule has 1 heterocycles. The summed E-state index contributed by atoms with van der Waals surface area (Å²) in [5.41, 5.74) is 1.60. The van der Waals surface area contributed by atoms with Crippen LogP contribution in [-0.4, -0.2) is 27.6 Å². The first-order valence-corrected chi connectivity index (χ1v) is 6.77. The molecule has 0 saturated heterocycles. The minimum atomic E-state index is -0.944. The van der Waals surface area contributed by atoms with Crippen molar-refractivity contribution >= 4 is 34.3 Å². The molecule has 110 valence electrons. The van der Waals surface area contributed by atoms with Crippen molar-refractivity contribution in [2.75, 3.05) is 17.2 Å². The van der Waals surface area contributed by atoms with Crippen LogP contribution in [0.1, 0.15) is 0 Å². The third-order valence-corrected chi connectivity index (χ3v) is 3.04. The van der Waals surface area contributed by atoms with Crippen LogP contribution in [0.2, 0.25) is 0 Å². The Bertz CT molecular complexity index is 806. The minimum absolute atomic E-state index is 0.203. The van der Waals surface area contributed by atoms with Crippen LogP contribution in [-0.2, 0) is 4.79 Å². The van der Waals surface area contributed by atoms with Crippen LogP contribution in [0.5, 0.6) is 0 Å². The van der Waals surface area contributed by atoms with Crippen molar-refractivity contribution in [1.82, 2.24) is 9.97 Å². The van der Waals surface area contributed by atoms with E-state index in [0.717, 1.165) is 16.6 Å². The van der Waals surface area contributed by atoms with Gasteiger partial charge in [0.15, 0.2) is 0 Å². The van der Waals surface area contributed by atoms with Gasteiger partial charge in [0.25, 0.3) is 0 Å². The number of nitrogens with zero attached hydrogens (tertiary/aromatic N) is 2. The van der Waals surface area contributed by atoms with Gasteiger partial charge in [-0.2, -0.15) is 4.98 Å². The Hall–Kier alpha value is -3.15. The maximum absolute atomic E-state index is 10.8. The van der Waals surface area contributed by atoms with E-state index in [1.54, 1.807) is 0 Å². The molecule has 0 bridgehead atoms. The van der Waals surface area contributed by atoms with Crippen LogP contribution in [0.4, 0.5) is 17.5 Å². The molecule has 3 aromatic rings. The quantitative estimate of drug-likeness (QED) is 0.670. The lowest BCUT2D eigenvalue weighted by atomic mass is 10.2. The zero-order valence-corrected chi connectivity index (χ0v) is 11.7. The van der Waals surface area contributed by atoms with E-state index in [9.17, 15) is 4.79 Å². The monoisotopic (exact) mass is 294 g/mol. The molecule has 2 aromatic carbocycles. The third-order valence-electron chi connectivity index (χ3n) is 3.04. The van der Waals surface area contributed by atoms with Crippen molar-refractivity contribution in [2.45, 2.75) is 0 Å². The standard InChI is InChI=1S/C16H14N4O2/c21-14(22)10-17-15-12-8-4-5-9-13(12)19-16(20-15)18-11-6-2-1-3-7-11/h1-9H,10H2,(H,21,22)(H2,17,18,19,20). The molecule has 0 aliphatic rings. The topological polar surface area (TPSA) is 87.1 Å². The molecular formula is C16H14N4O2. The fourth-order valence-corrected chi connectivity index (χ4v) is 2.08. The minimum Gasteiger partial charge on any atom is -0.480 e. The van der Waals surface area contributed by atoms with Gasteiger partial charge in [-0.3, -0.25) is 4.79 Å². The van der Waals surface area contributed by atoms with Crippen LogP contribution < -0.4 is 10.6 Å². The molecular weight excluding hydrogens is 280 g/mol. The highest BCUT2D eigenvalue weighted by Gasteiger charge is 2.08. The SMILES string of the molecule is O=C(O)CNc1nc(Nc2ccccc2)nc2ccccc12. The summed E-state index contributed by atoms with van der Waals surface area (Å²) in [6.45, 7) is -0.203. The molecule has 0 saturated carbocycles. The van der Waals surface area contributed by atoms with Gasteiger partial charge in [0.1, 0.15) is 12.4 Å². The first kappa shape index (κ1) is 13.8. The number of aromatic nitrogens is 2. The van der Waals surface area contributed by atoms with E-state index < -0.39 is 5.97 Å². The number of anilines is 3. The maximum Gasteiger partial charge on any atom is 0.322 e. The Balaban J connectivity index is 1.98. The van der Waals surface area contributed by atoms with Gasteiger partial charge in [0, 0.05) is 11.1 Å². The number of fused-ring (bicyclic) bond motifs is 1. The van der Waals surface area contributed by atoms with E-state index in [-0.39, 0.29) is 6.54 Å². The molecule has 0 spiro atoms. The molecule has 0 amide bonds. The summed E-state index contributed by atoms with van der Waals surface area (Å²) in [6, 6.07) is 17.0. The van der Waals surface area contributed by atoms with Gasteiger partial charge in [-0.1, -0.05) is 30.3 Å². The Morgan fingerprint density at radius 1 is 1.00 bits per heavy atom. The number of hydrogen-bond donors (Lipinski definition) is 3. The van der Waals surface area contributed by atoms with E-state index in [1.807, 2.05) is 54.6 Å². The largest absolute Gasteiger partial charge is 0.480 e. The molecule has 1 aromatic heterocycles. The van der Waals surface area contributed by atoms with Gasteiger partial charge in [0.05, 0.1) is 5.52 Å². The number of carbonyl (C=O) groups is 1. The molecule has 6 heteroatoms. The van der Waals surface area contributed by atoms with E-state index in [0.29, 0.717) is 11.8 Å². The fraction of sp³-hybridized carbons (Fsp3) is 0.0625. The van der Waals surface area contributed by atoms with Gasteiger partial charge < -0.3 is 15.7 Å². The average Bonchev–Trinajstić information content (AvgIpc) is 2.53. The van der Waals surface area contributed by atoms with E-state index in [4.69, 9.17) is 5.11 Å². The lowest BCUT2D eigenvalue weighted by Gasteiger charge is -2.10. The van der Waals surface area contributed by atoms with Crippen molar-refractivity contribution < 1.29 is 9.90 Å². The average molecular weight is 294 g/mol. The number of rotatable bonds is 5. The highest BCUT2D eigenvalue weighted by atomic mass is 16.4. The first-order valence-electron chi connectivity index (χ1n) is 6.77. The summed E-state index contributed by atoms with van der Waals surface area (Å²) in [7, 11) is 0. The highest BCUT2D eigenvalue weighted by molar-refractivity contribution is 5.91. The molecule has 0 fully saturated rings. The Labute approximate surface area is 126 Å². The van der Waals surface area contributed by atoms with E-state index in [2.05, 4.69) is 20.6 Å². The molecule has 0 atom stereocenters. The smallest absolute Gasteiger partial charge is 0.322 e. The zero-order valence-electron chi connectivity index (χ0n) is 11.7. The zero-order chi connectivity index (χ0) is 15.4. The molecule has 0 aliphatic heterocycles. The van der Waals surface area contributed by atoms with Crippen molar-refractivity contribution in [2.24, 2.45) is 0 Å². The fourth-order valence-electron chi connectivity index (χ4n) is 2.08. The van der Waals surface area contributed by atoms with Crippen molar-refractivity contribution in [3.63, 3.8) is 0 Å². The van der Waals surface area contributed by atoms with E-state index in [1.165, 1.54) is 0 Å². The Kier molecular flexibility index (Phi) is 3.82. The summed E-state index contributed by atoms with van der Waals surface area (Å²) in [4.78, 5) is 19.6. The van der Waals surface area contributed by atoms with Crippen molar-refractivity contribution in [3.05, 3.63) is 54.6 Å². The summed E-state index contributed by atoms with van der Waals surface area (Å²) >= 11 is 0. The van der Waals surface area contributed by atoms with Gasteiger partial charge in [-0.05, 0) is 24.3 Å². The normalized spacial score (nSPS) is 10.4. The summed E-state index contributed by atoms with van der Waals surface area (Å²) in [5.74, 6) is -0.0375. The second kappa shape index (κ2) is 6.09. The van der Waals surface area contributed by atoms with Gasteiger partial charge in [0.2, 0.25) is 5.95 Å². The number of carboxylic acids is 1. The number of benzene rings is 2. The summed E-state index contributed by atoms with van der Waals surface area (Å²) < 4.78 is 0. The molecule has 0 radical (unpaired) electrons. The highest BCUT2D eigenvalue weighted by Crippen LogP contribution is 2.23. The van der Waals surface area contributed by atoms with E-state index >= 15 is 0 Å². The second-order valence-corrected chi connectivity index (χ2v) is 4.65. The number of carboxylic acid groups (broad SMARTS) is 1. The number of nitrogens with one attached hydrogen (secondary N) is 2. The van der Waals surface area contributed by atoms with Gasteiger partial charge in [-0.25, -0.2) is 4.98 Å². The lowest BCUT2D eigenvalue weighted by Crippen LogP contribution is -2.14. The summed E-state index contributed by atoms with van der Waals surface area (Å²) in [6.07, 6.45) is 0. The maximum atomic E-state index is 10.8. The van der Waals surface area contributed by atoms with Crippen molar-refractivity contribution in [1.29, 1.82) is 0 Å². The van der Waals surface area contributed by atoms with Crippen LogP contribution >= 0.6 is 0 Å². The van der Waals surface area contributed by atoms with Crippen LogP contribution in [0.25, 0.3) is 10.9 Å². The molecule has 3 N–H and O–H groups in total. The Morgan fingerprint density at radius 3 is 2.50 bits per heavy atom. The first-order chi connectivity index (χ1) is 10.7. The predicted molar refractivity (Wildman–Crippen MR) is 85.4 cm³/mol. The van der Waals surface area contributed by atoms with Crippen LogP contribution in [0.3, 0.4) is 0 Å².